The van der Waals surface area contributed by atoms with Crippen LogP contribution in [0.2, 0.25) is 0 Å². The predicted octanol–water partition coefficient (Wildman–Crippen LogP) is 1.61. The molecule has 1 heterocycles. The largest absolute Gasteiger partial charge is 1.00 e. The second kappa shape index (κ2) is 11.9. The first-order valence-electron chi connectivity index (χ1n) is 10.6. The van der Waals surface area contributed by atoms with Crippen LogP contribution >= 0.6 is 0 Å². The van der Waals surface area contributed by atoms with Crippen molar-refractivity contribution in [1.82, 2.24) is 9.55 Å². The molecule has 34 heavy (non-hydrogen) atoms. The number of rotatable bonds is 8. The molecule has 0 fully saturated rings. The standard InChI is InChI=1S/C24H29N3O5S.K/c1-5-6-17-9-12-21(33(30,31)26-23(28)32-4)20(15-17)19-10-7-18(8-11-19)16-27-14-13-25-22(27)24(2,3)29;/h7-15,29H,5-6,16H2,1-4H3,(H,26,28);/q;+1/p-1. The average molecular weight is 510 g/mol. The maximum atomic E-state index is 12.8. The number of carbonyl (C=O) groups excluding carboxylic acids is 1. The molecule has 0 aliphatic heterocycles. The Balaban J connectivity index is 0.00000408. The maximum absolute atomic E-state index is 12.8. The van der Waals surface area contributed by atoms with E-state index < -0.39 is 21.7 Å². The molecule has 0 bridgehead atoms. The SMILES string of the molecule is CCCc1ccc(S(=O)(=O)[N-]C(=O)OC)c(-c2ccc(Cn3ccnc3C(C)(C)O)cc2)c1.[K+]. The fourth-order valence-electron chi connectivity index (χ4n) is 3.61. The van der Waals surface area contributed by atoms with Crippen LogP contribution in [0.1, 0.15) is 44.1 Å². The summed E-state index contributed by atoms with van der Waals surface area (Å²) < 4.78 is 35.1. The van der Waals surface area contributed by atoms with E-state index in [4.69, 9.17) is 0 Å². The van der Waals surface area contributed by atoms with E-state index in [-0.39, 0.29) is 56.3 Å². The number of methoxy groups -OCH3 is 1. The summed E-state index contributed by atoms with van der Waals surface area (Å²) in [4.78, 5) is 15.7. The monoisotopic (exact) mass is 509 g/mol. The first-order chi connectivity index (χ1) is 15.5. The zero-order valence-electron chi connectivity index (χ0n) is 20.1. The Labute approximate surface area is 243 Å². The maximum Gasteiger partial charge on any atom is 1.00 e. The first kappa shape index (κ1) is 28.7. The van der Waals surface area contributed by atoms with Crippen LogP contribution in [0.4, 0.5) is 4.79 Å². The smallest absolute Gasteiger partial charge is 0.506 e. The van der Waals surface area contributed by atoms with Gasteiger partial charge in [-0.3, -0.25) is 4.79 Å². The van der Waals surface area contributed by atoms with Gasteiger partial charge in [0.25, 0.3) is 0 Å². The Morgan fingerprint density at radius 2 is 1.79 bits per heavy atom. The number of carbonyl (C=O) groups is 1. The summed E-state index contributed by atoms with van der Waals surface area (Å²) in [5.74, 6) is 0.552. The molecule has 0 saturated carbocycles. The second-order valence-electron chi connectivity index (χ2n) is 8.25. The molecule has 1 amide bonds. The van der Waals surface area contributed by atoms with E-state index in [1.807, 2.05) is 41.8 Å². The van der Waals surface area contributed by atoms with Crippen molar-refractivity contribution in [3.8, 4) is 11.1 Å². The topological polar surface area (TPSA) is 113 Å². The Hall–Kier alpha value is -1.53. The number of benzene rings is 2. The minimum atomic E-state index is -4.24. The fourth-order valence-corrected chi connectivity index (χ4v) is 4.67. The van der Waals surface area contributed by atoms with Gasteiger partial charge < -0.3 is 19.1 Å². The third kappa shape index (κ3) is 7.00. The number of aliphatic hydroxyl groups is 1. The normalized spacial score (nSPS) is 11.6. The molecule has 176 valence electrons. The molecule has 0 unspecified atom stereocenters. The third-order valence-electron chi connectivity index (χ3n) is 5.11. The molecule has 0 saturated heterocycles. The van der Waals surface area contributed by atoms with Crippen LogP contribution in [0.15, 0.2) is 59.8 Å². The minimum absolute atomic E-state index is 0. The van der Waals surface area contributed by atoms with E-state index in [1.165, 1.54) is 6.07 Å². The van der Waals surface area contributed by atoms with E-state index in [9.17, 15) is 18.3 Å². The molecule has 1 aromatic heterocycles. The van der Waals surface area contributed by atoms with Gasteiger partial charge in [0.15, 0.2) is 0 Å². The van der Waals surface area contributed by atoms with Gasteiger partial charge in [0.2, 0.25) is 6.09 Å². The number of imidazole rings is 1. The summed E-state index contributed by atoms with van der Waals surface area (Å²) in [6.07, 6.45) is 3.97. The van der Waals surface area contributed by atoms with Gasteiger partial charge in [0, 0.05) is 18.9 Å². The van der Waals surface area contributed by atoms with Crippen molar-refractivity contribution in [1.29, 1.82) is 0 Å². The fraction of sp³-hybridized carbons (Fsp3) is 0.333. The van der Waals surface area contributed by atoms with E-state index >= 15 is 0 Å². The summed E-state index contributed by atoms with van der Waals surface area (Å²) in [7, 11) is -3.17. The Kier molecular flexibility index (Phi) is 10.1. The van der Waals surface area contributed by atoms with Gasteiger partial charge >= 0.3 is 51.4 Å². The van der Waals surface area contributed by atoms with Gasteiger partial charge in [0.05, 0.1) is 12.0 Å². The molecule has 0 radical (unpaired) electrons. The van der Waals surface area contributed by atoms with E-state index in [1.54, 1.807) is 32.3 Å². The molecule has 3 aromatic rings. The summed E-state index contributed by atoms with van der Waals surface area (Å²) in [6, 6.07) is 12.5. The van der Waals surface area contributed by atoms with Gasteiger partial charge in [-0.2, -0.15) is 0 Å². The number of amides is 1. The summed E-state index contributed by atoms with van der Waals surface area (Å²) in [6.45, 7) is 5.90. The van der Waals surface area contributed by atoms with E-state index in [2.05, 4.69) is 14.4 Å². The number of hydrogen-bond acceptors (Lipinski definition) is 6. The van der Waals surface area contributed by atoms with Gasteiger partial charge in [-0.1, -0.05) is 43.7 Å². The molecule has 2 aromatic carbocycles. The van der Waals surface area contributed by atoms with Gasteiger partial charge in [-0.15, -0.1) is 0 Å². The van der Waals surface area contributed by atoms with Crippen molar-refractivity contribution in [3.05, 3.63) is 76.5 Å². The third-order valence-corrected chi connectivity index (χ3v) is 6.41. The second-order valence-corrected chi connectivity index (χ2v) is 9.82. The molecule has 0 spiro atoms. The van der Waals surface area contributed by atoms with Crippen molar-refractivity contribution in [2.24, 2.45) is 0 Å². The van der Waals surface area contributed by atoms with Gasteiger partial charge in [-0.25, -0.2) is 13.4 Å². The first-order valence-corrected chi connectivity index (χ1v) is 12.0. The number of sulfonamides is 1. The molecule has 8 nitrogen and oxygen atoms in total. The number of nitrogens with zero attached hydrogens (tertiary/aromatic N) is 3. The van der Waals surface area contributed by atoms with Crippen LogP contribution in [0.5, 0.6) is 0 Å². The van der Waals surface area contributed by atoms with Crippen LogP contribution in [0, 0.1) is 0 Å². The van der Waals surface area contributed by atoms with Crippen LogP contribution in [-0.2, 0) is 33.3 Å². The van der Waals surface area contributed by atoms with E-state index in [0.29, 0.717) is 23.5 Å². The molecular formula is C24H28KN3O5S. The van der Waals surface area contributed by atoms with Gasteiger partial charge in [0.1, 0.15) is 21.4 Å². The molecule has 1 N–H and O–H groups in total. The van der Waals surface area contributed by atoms with Crippen molar-refractivity contribution in [2.75, 3.05) is 7.11 Å². The number of ether oxygens (including phenoxy) is 1. The summed E-state index contributed by atoms with van der Waals surface area (Å²) in [5, 5.41) is 10.3. The van der Waals surface area contributed by atoms with Crippen LogP contribution < -0.4 is 51.4 Å². The van der Waals surface area contributed by atoms with Crippen LogP contribution in [0.3, 0.4) is 0 Å². The number of aryl methyl sites for hydroxylation is 1. The van der Waals surface area contributed by atoms with Crippen LogP contribution in [-0.4, -0.2) is 36.3 Å². The van der Waals surface area contributed by atoms with Crippen molar-refractivity contribution in [3.63, 3.8) is 0 Å². The molecule has 0 aliphatic carbocycles. The van der Waals surface area contributed by atoms with Crippen molar-refractivity contribution >= 4 is 16.1 Å². The molecule has 3 rings (SSSR count). The van der Waals surface area contributed by atoms with Gasteiger partial charge in [-0.05, 0) is 54.7 Å². The Bertz CT molecular complexity index is 1230. The van der Waals surface area contributed by atoms with Crippen molar-refractivity contribution < 1.29 is 74.4 Å². The molecular weight excluding hydrogens is 481 g/mol. The van der Waals surface area contributed by atoms with Crippen molar-refractivity contribution in [2.45, 2.75) is 50.7 Å². The Morgan fingerprint density at radius 3 is 2.38 bits per heavy atom. The van der Waals surface area contributed by atoms with Crippen LogP contribution in [0.25, 0.3) is 15.8 Å². The molecule has 0 atom stereocenters. The number of hydrogen-bond donors (Lipinski definition) is 1. The quantitative estimate of drug-likeness (QED) is 0.462. The Morgan fingerprint density at radius 1 is 1.15 bits per heavy atom. The molecule has 10 heteroatoms. The summed E-state index contributed by atoms with van der Waals surface area (Å²) in [5.41, 5.74) is 2.02. The molecule has 0 aliphatic rings. The zero-order chi connectivity index (χ0) is 24.2. The number of aromatic nitrogens is 2. The summed E-state index contributed by atoms with van der Waals surface area (Å²) >= 11 is 0. The minimum Gasteiger partial charge on any atom is -0.506 e. The zero-order valence-corrected chi connectivity index (χ0v) is 24.1. The average Bonchev–Trinajstić information content (AvgIpc) is 3.23. The predicted molar refractivity (Wildman–Crippen MR) is 125 cm³/mol. The van der Waals surface area contributed by atoms with E-state index in [0.717, 1.165) is 31.1 Å².